The molecule has 4 rings (SSSR count). The molecule has 4 nitrogen and oxygen atoms in total. The maximum absolute atomic E-state index is 4.56. The third-order valence-corrected chi connectivity index (χ3v) is 4.46. The van der Waals surface area contributed by atoms with Gasteiger partial charge in [-0.1, -0.05) is 48.0 Å². The van der Waals surface area contributed by atoms with Crippen LogP contribution in [0.5, 0.6) is 0 Å². The highest BCUT2D eigenvalue weighted by atomic mass is 15.0. The molecule has 0 radical (unpaired) electrons. The van der Waals surface area contributed by atoms with E-state index >= 15 is 0 Å². The van der Waals surface area contributed by atoms with Crippen molar-refractivity contribution >= 4 is 16.7 Å². The lowest BCUT2D eigenvalue weighted by Crippen LogP contribution is -2.16. The summed E-state index contributed by atoms with van der Waals surface area (Å²) in [6, 6.07) is 22.7. The standard InChI is InChI=1S/C22H20N4/c1-16-9-11-17(12-10-16)14-21(20-8-4-5-13-23-20)26-22-18-6-2-3-7-19(18)24-15-25-22/h2-13,15,21H,14H2,1H3,(H,24,25,26). The van der Waals surface area contributed by atoms with Crippen LogP contribution in [0.4, 0.5) is 5.82 Å². The molecular weight excluding hydrogens is 320 g/mol. The van der Waals surface area contributed by atoms with Crippen LogP contribution < -0.4 is 5.32 Å². The molecule has 0 amide bonds. The van der Waals surface area contributed by atoms with E-state index in [1.807, 2.05) is 42.6 Å². The van der Waals surface area contributed by atoms with Gasteiger partial charge in [-0.05, 0) is 43.2 Å². The lowest BCUT2D eigenvalue weighted by atomic mass is 10.0. The van der Waals surface area contributed by atoms with Crippen LogP contribution in [0.25, 0.3) is 10.9 Å². The maximum Gasteiger partial charge on any atom is 0.137 e. The number of nitrogens with zero attached hydrogens (tertiary/aromatic N) is 3. The Labute approximate surface area is 153 Å². The highest BCUT2D eigenvalue weighted by molar-refractivity contribution is 5.88. The Bertz CT molecular complexity index is 992. The van der Waals surface area contributed by atoms with Crippen molar-refractivity contribution in [1.82, 2.24) is 15.0 Å². The normalized spacial score (nSPS) is 12.0. The Hall–Kier alpha value is -3.27. The summed E-state index contributed by atoms with van der Waals surface area (Å²) in [5.41, 5.74) is 4.45. The number of fused-ring (bicyclic) bond motifs is 1. The maximum atomic E-state index is 4.56. The molecule has 0 spiro atoms. The van der Waals surface area contributed by atoms with Crippen molar-refractivity contribution < 1.29 is 0 Å². The molecule has 2 aromatic heterocycles. The summed E-state index contributed by atoms with van der Waals surface area (Å²) >= 11 is 0. The van der Waals surface area contributed by atoms with Gasteiger partial charge in [0.2, 0.25) is 0 Å². The smallest absolute Gasteiger partial charge is 0.137 e. The van der Waals surface area contributed by atoms with Gasteiger partial charge in [0.05, 0.1) is 17.3 Å². The van der Waals surface area contributed by atoms with Gasteiger partial charge in [-0.25, -0.2) is 9.97 Å². The molecule has 26 heavy (non-hydrogen) atoms. The number of aromatic nitrogens is 3. The van der Waals surface area contributed by atoms with Gasteiger partial charge < -0.3 is 5.32 Å². The molecule has 0 saturated heterocycles. The second kappa shape index (κ2) is 7.31. The van der Waals surface area contributed by atoms with Crippen LogP contribution in [0.15, 0.2) is 79.3 Å². The van der Waals surface area contributed by atoms with Crippen LogP contribution in [0, 0.1) is 6.92 Å². The number of rotatable bonds is 5. The van der Waals surface area contributed by atoms with Gasteiger partial charge in [-0.2, -0.15) is 0 Å². The molecule has 0 saturated carbocycles. The van der Waals surface area contributed by atoms with E-state index in [2.05, 4.69) is 57.5 Å². The van der Waals surface area contributed by atoms with Gasteiger partial charge in [0.15, 0.2) is 0 Å². The molecule has 4 heteroatoms. The van der Waals surface area contributed by atoms with Gasteiger partial charge in [-0.3, -0.25) is 4.98 Å². The zero-order valence-electron chi connectivity index (χ0n) is 14.6. The first-order valence-corrected chi connectivity index (χ1v) is 8.72. The minimum absolute atomic E-state index is 0.0252. The lowest BCUT2D eigenvalue weighted by Gasteiger charge is -2.20. The minimum atomic E-state index is 0.0252. The Morgan fingerprint density at radius 2 is 1.65 bits per heavy atom. The summed E-state index contributed by atoms with van der Waals surface area (Å²) in [4.78, 5) is 13.4. The van der Waals surface area contributed by atoms with Gasteiger partial charge in [0, 0.05) is 11.6 Å². The lowest BCUT2D eigenvalue weighted by molar-refractivity contribution is 0.742. The zero-order chi connectivity index (χ0) is 17.8. The summed E-state index contributed by atoms with van der Waals surface area (Å²) in [5.74, 6) is 0.832. The molecule has 4 aromatic rings. The average molecular weight is 340 g/mol. The molecule has 1 N–H and O–H groups in total. The number of anilines is 1. The van der Waals surface area contributed by atoms with Crippen LogP contribution in [0.3, 0.4) is 0 Å². The highest BCUT2D eigenvalue weighted by Crippen LogP contribution is 2.25. The van der Waals surface area contributed by atoms with Crippen molar-refractivity contribution in [2.75, 3.05) is 5.32 Å². The second-order valence-electron chi connectivity index (χ2n) is 6.38. The van der Waals surface area contributed by atoms with Gasteiger partial charge in [0.1, 0.15) is 12.1 Å². The predicted molar refractivity (Wildman–Crippen MR) is 105 cm³/mol. The summed E-state index contributed by atoms with van der Waals surface area (Å²) < 4.78 is 0. The Balaban J connectivity index is 1.69. The molecular formula is C22H20N4. The predicted octanol–water partition coefficient (Wildman–Crippen LogP) is 4.73. The topological polar surface area (TPSA) is 50.7 Å². The van der Waals surface area contributed by atoms with Crippen molar-refractivity contribution in [2.24, 2.45) is 0 Å². The first-order chi connectivity index (χ1) is 12.8. The molecule has 1 unspecified atom stereocenters. The van der Waals surface area contributed by atoms with E-state index in [1.54, 1.807) is 6.33 Å². The average Bonchev–Trinajstić information content (AvgIpc) is 2.70. The van der Waals surface area contributed by atoms with E-state index in [4.69, 9.17) is 0 Å². The first-order valence-electron chi connectivity index (χ1n) is 8.72. The molecule has 0 bridgehead atoms. The number of nitrogens with one attached hydrogen (secondary N) is 1. The fraction of sp³-hybridized carbons (Fsp3) is 0.136. The minimum Gasteiger partial charge on any atom is -0.361 e. The van der Waals surface area contributed by atoms with Crippen LogP contribution in [0.1, 0.15) is 22.9 Å². The monoisotopic (exact) mass is 340 g/mol. The van der Waals surface area contributed by atoms with Crippen molar-refractivity contribution in [3.63, 3.8) is 0 Å². The Kier molecular flexibility index (Phi) is 4.56. The van der Waals surface area contributed by atoms with Crippen LogP contribution >= 0.6 is 0 Å². The zero-order valence-corrected chi connectivity index (χ0v) is 14.6. The number of aryl methyl sites for hydroxylation is 1. The van der Waals surface area contributed by atoms with Crippen LogP contribution in [-0.4, -0.2) is 15.0 Å². The van der Waals surface area contributed by atoms with E-state index in [9.17, 15) is 0 Å². The van der Waals surface area contributed by atoms with Crippen molar-refractivity contribution in [2.45, 2.75) is 19.4 Å². The second-order valence-corrected chi connectivity index (χ2v) is 6.38. The van der Waals surface area contributed by atoms with Crippen LogP contribution in [-0.2, 0) is 6.42 Å². The van der Waals surface area contributed by atoms with E-state index in [-0.39, 0.29) is 6.04 Å². The molecule has 2 aromatic carbocycles. The van der Waals surface area contributed by atoms with E-state index in [0.717, 1.165) is 28.8 Å². The Morgan fingerprint density at radius 1 is 0.846 bits per heavy atom. The summed E-state index contributed by atoms with van der Waals surface area (Å²) in [6.07, 6.45) is 4.26. The molecule has 0 aliphatic rings. The molecule has 0 aliphatic carbocycles. The van der Waals surface area contributed by atoms with Crippen LogP contribution in [0.2, 0.25) is 0 Å². The third kappa shape index (κ3) is 3.54. The quantitative estimate of drug-likeness (QED) is 0.571. The van der Waals surface area contributed by atoms with E-state index < -0.39 is 0 Å². The number of hydrogen-bond acceptors (Lipinski definition) is 4. The highest BCUT2D eigenvalue weighted by Gasteiger charge is 2.16. The summed E-state index contributed by atoms with van der Waals surface area (Å²) in [6.45, 7) is 2.10. The number of benzene rings is 2. The van der Waals surface area contributed by atoms with Gasteiger partial charge >= 0.3 is 0 Å². The molecule has 2 heterocycles. The molecule has 0 aliphatic heterocycles. The summed E-state index contributed by atoms with van der Waals surface area (Å²) in [7, 11) is 0. The van der Waals surface area contributed by atoms with Crippen molar-refractivity contribution in [3.8, 4) is 0 Å². The Morgan fingerprint density at radius 3 is 2.46 bits per heavy atom. The fourth-order valence-electron chi connectivity index (χ4n) is 3.06. The third-order valence-electron chi connectivity index (χ3n) is 4.46. The van der Waals surface area contributed by atoms with E-state index in [0.29, 0.717) is 0 Å². The number of para-hydroxylation sites is 1. The largest absolute Gasteiger partial charge is 0.361 e. The van der Waals surface area contributed by atoms with Crippen molar-refractivity contribution in [3.05, 3.63) is 96.1 Å². The van der Waals surface area contributed by atoms with Crippen molar-refractivity contribution in [1.29, 1.82) is 0 Å². The fourth-order valence-corrected chi connectivity index (χ4v) is 3.06. The SMILES string of the molecule is Cc1ccc(CC(Nc2ncnc3ccccc23)c2ccccn2)cc1. The summed E-state index contributed by atoms with van der Waals surface area (Å²) in [5, 5.41) is 4.60. The molecule has 128 valence electrons. The van der Waals surface area contributed by atoms with E-state index in [1.165, 1.54) is 11.1 Å². The first kappa shape index (κ1) is 16.2. The number of hydrogen-bond donors (Lipinski definition) is 1. The number of pyridine rings is 1. The van der Waals surface area contributed by atoms with Gasteiger partial charge in [0.25, 0.3) is 0 Å². The molecule has 0 fully saturated rings. The van der Waals surface area contributed by atoms with Gasteiger partial charge in [-0.15, -0.1) is 0 Å². The molecule has 1 atom stereocenters.